The molecule has 1 aliphatic rings. The molecule has 3 unspecified atom stereocenters. The van der Waals surface area contributed by atoms with Crippen molar-refractivity contribution in [3.8, 4) is 11.4 Å². The molecule has 1 fully saturated rings. The van der Waals surface area contributed by atoms with E-state index in [9.17, 15) is 4.21 Å². The lowest BCUT2D eigenvalue weighted by Crippen LogP contribution is -2.33. The quantitative estimate of drug-likeness (QED) is 0.855. The molecule has 3 rings (SSSR count). The topological polar surface area (TPSA) is 67.8 Å². The van der Waals surface area contributed by atoms with Gasteiger partial charge in [-0.2, -0.15) is 0 Å². The molecular formula is C19H26N4OS. The van der Waals surface area contributed by atoms with Gasteiger partial charge in [-0.25, -0.2) is 9.97 Å². The fraction of sp³-hybridized carbons (Fsp3) is 0.526. The van der Waals surface area contributed by atoms with Crippen molar-refractivity contribution in [1.82, 2.24) is 15.0 Å². The van der Waals surface area contributed by atoms with Crippen LogP contribution in [0.5, 0.6) is 0 Å². The number of aromatic nitrogens is 3. The Morgan fingerprint density at radius 3 is 2.72 bits per heavy atom. The predicted octanol–water partition coefficient (Wildman–Crippen LogP) is 3.59. The Bertz CT molecular complexity index is 723. The first-order valence-corrected chi connectivity index (χ1v) is 10.5. The van der Waals surface area contributed by atoms with Crippen molar-refractivity contribution in [3.63, 3.8) is 0 Å². The van der Waals surface area contributed by atoms with E-state index >= 15 is 0 Å². The van der Waals surface area contributed by atoms with Crippen LogP contribution in [0.2, 0.25) is 0 Å². The van der Waals surface area contributed by atoms with Crippen LogP contribution in [0.3, 0.4) is 0 Å². The predicted molar refractivity (Wildman–Crippen MR) is 103 cm³/mol. The monoisotopic (exact) mass is 358 g/mol. The van der Waals surface area contributed by atoms with Gasteiger partial charge in [0, 0.05) is 57.6 Å². The summed E-state index contributed by atoms with van der Waals surface area (Å²) < 4.78 is 12.2. The molecule has 1 aliphatic carbocycles. The molecule has 3 atom stereocenters. The van der Waals surface area contributed by atoms with Crippen LogP contribution in [-0.2, 0) is 17.2 Å². The zero-order valence-corrected chi connectivity index (χ0v) is 15.8. The summed E-state index contributed by atoms with van der Waals surface area (Å²) in [6, 6.07) is 6.23. The van der Waals surface area contributed by atoms with E-state index in [0.29, 0.717) is 11.3 Å². The molecule has 2 aromatic heterocycles. The summed E-state index contributed by atoms with van der Waals surface area (Å²) in [5.74, 6) is 2.34. The molecule has 0 bridgehead atoms. The fourth-order valence-corrected chi connectivity index (χ4v) is 4.69. The molecule has 1 N–H and O–H groups in total. The van der Waals surface area contributed by atoms with Gasteiger partial charge in [0.05, 0.1) is 0 Å². The highest BCUT2D eigenvalue weighted by molar-refractivity contribution is 7.85. The molecule has 2 heterocycles. The summed E-state index contributed by atoms with van der Waals surface area (Å²) in [6.45, 7) is 4.11. The maximum Gasteiger partial charge on any atom is 0.161 e. The molecule has 1 saturated carbocycles. The summed E-state index contributed by atoms with van der Waals surface area (Å²) in [6.07, 6.45) is 8.64. The van der Waals surface area contributed by atoms with Crippen LogP contribution in [0.15, 0.2) is 30.6 Å². The minimum absolute atomic E-state index is 0.309. The summed E-state index contributed by atoms with van der Waals surface area (Å²) in [5.41, 5.74) is 2.00. The first kappa shape index (κ1) is 18.0. The van der Waals surface area contributed by atoms with Crippen molar-refractivity contribution in [1.29, 1.82) is 0 Å². The maximum atomic E-state index is 12.2. The van der Waals surface area contributed by atoms with Gasteiger partial charge < -0.3 is 5.32 Å². The summed E-state index contributed by atoms with van der Waals surface area (Å²) in [4.78, 5) is 13.4. The molecule has 0 aliphatic heterocycles. The Hall–Kier alpha value is -1.82. The second-order valence-electron chi connectivity index (χ2n) is 6.46. The number of nitrogens with one attached hydrogen (secondary N) is 1. The maximum absolute atomic E-state index is 12.2. The number of nitrogens with zero attached hydrogens (tertiary/aromatic N) is 3. The van der Waals surface area contributed by atoms with E-state index < -0.39 is 10.8 Å². The lowest BCUT2D eigenvalue weighted by Gasteiger charge is -2.29. The molecule has 0 amide bonds. The van der Waals surface area contributed by atoms with E-state index in [1.807, 2.05) is 25.1 Å². The average molecular weight is 359 g/mol. The number of pyridine rings is 1. The van der Waals surface area contributed by atoms with Crippen LogP contribution in [0.25, 0.3) is 11.4 Å². The van der Waals surface area contributed by atoms with E-state index in [1.54, 1.807) is 12.4 Å². The van der Waals surface area contributed by atoms with Gasteiger partial charge in [-0.1, -0.05) is 20.3 Å². The van der Waals surface area contributed by atoms with E-state index in [0.717, 1.165) is 60.8 Å². The van der Waals surface area contributed by atoms with Gasteiger partial charge >= 0.3 is 0 Å². The Kier molecular flexibility index (Phi) is 6.13. The van der Waals surface area contributed by atoms with E-state index in [4.69, 9.17) is 4.98 Å². The normalized spacial score (nSPS) is 21.7. The highest BCUT2D eigenvalue weighted by atomic mass is 32.2. The Balaban J connectivity index is 1.79. The lowest BCUT2D eigenvalue weighted by molar-refractivity contribution is 0.464. The van der Waals surface area contributed by atoms with Crippen LogP contribution in [0, 0.1) is 0 Å². The van der Waals surface area contributed by atoms with Crippen molar-refractivity contribution >= 4 is 16.6 Å². The fourth-order valence-electron chi connectivity index (χ4n) is 3.34. The highest BCUT2D eigenvalue weighted by Gasteiger charge is 2.25. The third kappa shape index (κ3) is 4.63. The van der Waals surface area contributed by atoms with Crippen LogP contribution in [0.1, 0.15) is 45.2 Å². The number of rotatable bonds is 6. The number of hydrogen-bond acceptors (Lipinski definition) is 5. The zero-order chi connectivity index (χ0) is 17.6. The average Bonchev–Trinajstić information content (AvgIpc) is 2.68. The van der Waals surface area contributed by atoms with Gasteiger partial charge in [-0.3, -0.25) is 9.19 Å². The van der Waals surface area contributed by atoms with E-state index in [1.165, 1.54) is 0 Å². The second kappa shape index (κ2) is 8.52. The lowest BCUT2D eigenvalue weighted by atomic mass is 9.95. The van der Waals surface area contributed by atoms with Crippen LogP contribution >= 0.6 is 0 Å². The number of anilines is 1. The van der Waals surface area contributed by atoms with Crippen molar-refractivity contribution in [2.45, 2.75) is 57.2 Å². The van der Waals surface area contributed by atoms with Crippen LogP contribution in [-0.4, -0.2) is 36.2 Å². The van der Waals surface area contributed by atoms with Crippen molar-refractivity contribution in [2.75, 3.05) is 11.1 Å². The Labute approximate surface area is 152 Å². The third-order valence-electron chi connectivity index (χ3n) is 4.71. The van der Waals surface area contributed by atoms with Crippen LogP contribution < -0.4 is 5.32 Å². The number of aryl methyl sites for hydroxylation is 1. The smallest absolute Gasteiger partial charge is 0.161 e. The van der Waals surface area contributed by atoms with Gasteiger partial charge in [-0.15, -0.1) is 0 Å². The molecule has 2 aromatic rings. The van der Waals surface area contributed by atoms with Gasteiger partial charge in [0.2, 0.25) is 0 Å². The standard InChI is InChI=1S/C19H26N4OS/c1-3-15-13-18(23-19(22-15)14-8-10-20-11-9-14)21-16-6-5-7-17(12-16)25(24)4-2/h8-11,13,16-17H,3-7,12H2,1-2H3,(H,21,22,23). The first-order valence-electron chi connectivity index (χ1n) is 9.11. The van der Waals surface area contributed by atoms with E-state index in [2.05, 4.69) is 22.2 Å². The van der Waals surface area contributed by atoms with Gasteiger partial charge in [-0.05, 0) is 37.8 Å². The van der Waals surface area contributed by atoms with Crippen molar-refractivity contribution in [2.24, 2.45) is 0 Å². The molecular weight excluding hydrogens is 332 g/mol. The van der Waals surface area contributed by atoms with Crippen molar-refractivity contribution < 1.29 is 4.21 Å². The van der Waals surface area contributed by atoms with Gasteiger partial charge in [0.25, 0.3) is 0 Å². The minimum Gasteiger partial charge on any atom is -0.367 e. The summed E-state index contributed by atoms with van der Waals surface area (Å²) in [5, 5.41) is 3.88. The van der Waals surface area contributed by atoms with E-state index in [-0.39, 0.29) is 0 Å². The third-order valence-corrected chi connectivity index (χ3v) is 6.46. The Morgan fingerprint density at radius 2 is 2.00 bits per heavy atom. The molecule has 6 heteroatoms. The summed E-state index contributed by atoms with van der Waals surface area (Å²) in [7, 11) is -0.712. The second-order valence-corrected chi connectivity index (χ2v) is 8.46. The highest BCUT2D eigenvalue weighted by Crippen LogP contribution is 2.26. The molecule has 134 valence electrons. The van der Waals surface area contributed by atoms with Gasteiger partial charge in [0.15, 0.2) is 5.82 Å². The molecule has 5 nitrogen and oxygen atoms in total. The first-order chi connectivity index (χ1) is 12.2. The minimum atomic E-state index is -0.712. The SMILES string of the molecule is CCc1cc(NC2CCCC(S(=O)CC)C2)nc(-c2ccncc2)n1. The molecule has 0 saturated heterocycles. The molecule has 0 radical (unpaired) electrons. The largest absolute Gasteiger partial charge is 0.367 e. The Morgan fingerprint density at radius 1 is 1.20 bits per heavy atom. The zero-order valence-electron chi connectivity index (χ0n) is 14.9. The van der Waals surface area contributed by atoms with Crippen molar-refractivity contribution in [3.05, 3.63) is 36.3 Å². The van der Waals surface area contributed by atoms with Gasteiger partial charge in [0.1, 0.15) is 5.82 Å². The molecule has 0 aromatic carbocycles. The molecule has 0 spiro atoms. The number of hydrogen-bond donors (Lipinski definition) is 1. The molecule has 25 heavy (non-hydrogen) atoms. The summed E-state index contributed by atoms with van der Waals surface area (Å²) >= 11 is 0. The van der Waals surface area contributed by atoms with Crippen LogP contribution in [0.4, 0.5) is 5.82 Å².